The summed E-state index contributed by atoms with van der Waals surface area (Å²) in [6, 6.07) is 7.39. The van der Waals surface area contributed by atoms with E-state index in [0.29, 0.717) is 5.69 Å². The van der Waals surface area contributed by atoms with E-state index in [-0.39, 0.29) is 12.1 Å². The molecule has 1 aromatic heterocycles. The highest BCUT2D eigenvalue weighted by Gasteiger charge is 2.30. The highest BCUT2D eigenvalue weighted by Crippen LogP contribution is 2.29. The van der Waals surface area contributed by atoms with Gasteiger partial charge in [-0.1, -0.05) is 0 Å². The second-order valence-corrected chi connectivity index (χ2v) is 4.84. The quantitative estimate of drug-likeness (QED) is 0.911. The molecular weight excluding hydrogens is 297 g/mol. The zero-order valence-corrected chi connectivity index (χ0v) is 11.8. The molecule has 1 amide bonds. The van der Waals surface area contributed by atoms with Gasteiger partial charge in [-0.05, 0) is 36.4 Å². The molecule has 0 unspecified atom stereocenters. The summed E-state index contributed by atoms with van der Waals surface area (Å²) in [4.78, 5) is 11.9. The summed E-state index contributed by atoms with van der Waals surface area (Å²) in [5.74, 6) is -0.540. The Morgan fingerprint density at radius 2 is 1.91 bits per heavy atom. The fourth-order valence-electron chi connectivity index (χ4n) is 2.03. The molecule has 2 N–H and O–H groups in total. The van der Waals surface area contributed by atoms with Gasteiger partial charge in [-0.2, -0.15) is 13.2 Å². The number of aliphatic hydroxyl groups excluding tert-OH is 1. The maximum absolute atomic E-state index is 12.4. The second kappa shape index (κ2) is 6.23. The van der Waals surface area contributed by atoms with Gasteiger partial charge in [0.25, 0.3) is 5.91 Å². The van der Waals surface area contributed by atoms with Crippen LogP contribution in [-0.2, 0) is 13.2 Å². The predicted molar refractivity (Wildman–Crippen MR) is 74.2 cm³/mol. The average Bonchev–Trinajstić information content (AvgIpc) is 2.90. The minimum atomic E-state index is -4.43. The Labute approximate surface area is 125 Å². The van der Waals surface area contributed by atoms with Crippen molar-refractivity contribution in [3.8, 4) is 0 Å². The van der Waals surface area contributed by atoms with E-state index >= 15 is 0 Å². The Balaban J connectivity index is 1.96. The lowest BCUT2D eigenvalue weighted by atomic mass is 10.1. The molecule has 2 rings (SSSR count). The summed E-state index contributed by atoms with van der Waals surface area (Å²) in [5.41, 5.74) is -0.0762. The summed E-state index contributed by atoms with van der Waals surface area (Å²) in [7, 11) is 1.76. The van der Waals surface area contributed by atoms with Crippen molar-refractivity contribution < 1.29 is 23.1 Å². The monoisotopic (exact) mass is 312 g/mol. The maximum atomic E-state index is 12.4. The molecule has 0 saturated carbocycles. The molecule has 0 aliphatic rings. The number of hydrogen-bond acceptors (Lipinski definition) is 2. The Morgan fingerprint density at radius 1 is 1.27 bits per heavy atom. The van der Waals surface area contributed by atoms with Gasteiger partial charge in [-0.15, -0.1) is 0 Å². The summed E-state index contributed by atoms with van der Waals surface area (Å²) in [6.45, 7) is -0.0301. The van der Waals surface area contributed by atoms with Crippen molar-refractivity contribution in [1.29, 1.82) is 0 Å². The number of alkyl halides is 3. The molecular formula is C15H15F3N2O2. The zero-order valence-electron chi connectivity index (χ0n) is 11.8. The number of nitrogens with zero attached hydrogens (tertiary/aromatic N) is 1. The van der Waals surface area contributed by atoms with Crippen molar-refractivity contribution in [2.75, 3.05) is 6.54 Å². The van der Waals surface area contributed by atoms with Crippen LogP contribution in [0.15, 0.2) is 42.6 Å². The van der Waals surface area contributed by atoms with Crippen LogP contribution < -0.4 is 5.32 Å². The lowest BCUT2D eigenvalue weighted by Crippen LogP contribution is -2.29. The first kappa shape index (κ1) is 16.1. The number of carbonyl (C=O) groups excluding carboxylic acids is 1. The van der Waals surface area contributed by atoms with Crippen LogP contribution in [0, 0.1) is 0 Å². The number of aliphatic hydroxyl groups is 1. The highest BCUT2D eigenvalue weighted by molar-refractivity contribution is 5.94. The largest absolute Gasteiger partial charge is 0.416 e. The van der Waals surface area contributed by atoms with Crippen molar-refractivity contribution in [2.45, 2.75) is 12.3 Å². The van der Waals surface area contributed by atoms with Gasteiger partial charge in [0.15, 0.2) is 0 Å². The Bertz CT molecular complexity index is 648. The van der Waals surface area contributed by atoms with Crippen molar-refractivity contribution in [1.82, 2.24) is 9.88 Å². The normalized spacial score (nSPS) is 13.0. The molecule has 22 heavy (non-hydrogen) atoms. The highest BCUT2D eigenvalue weighted by atomic mass is 19.4. The molecule has 118 valence electrons. The topological polar surface area (TPSA) is 54.3 Å². The third kappa shape index (κ3) is 3.67. The molecule has 1 aromatic carbocycles. The van der Waals surface area contributed by atoms with Crippen molar-refractivity contribution in [3.63, 3.8) is 0 Å². The maximum Gasteiger partial charge on any atom is 0.416 e. The summed E-state index contributed by atoms with van der Waals surface area (Å²) < 4.78 is 39.0. The van der Waals surface area contributed by atoms with Crippen LogP contribution in [0.4, 0.5) is 13.2 Å². The SMILES string of the molecule is Cn1cccc1[C@H](O)CNC(=O)c1ccc(C(F)(F)F)cc1. The first-order valence-electron chi connectivity index (χ1n) is 6.54. The molecule has 0 aliphatic heterocycles. The number of aromatic nitrogens is 1. The number of amides is 1. The lowest BCUT2D eigenvalue weighted by Gasteiger charge is -2.13. The van der Waals surface area contributed by atoms with E-state index in [1.54, 1.807) is 29.9 Å². The van der Waals surface area contributed by atoms with Gasteiger partial charge in [0, 0.05) is 31.0 Å². The fourth-order valence-corrected chi connectivity index (χ4v) is 2.03. The number of benzene rings is 1. The number of hydrogen-bond donors (Lipinski definition) is 2. The van der Waals surface area contributed by atoms with Crippen molar-refractivity contribution >= 4 is 5.91 Å². The minimum Gasteiger partial charge on any atom is -0.385 e. The van der Waals surface area contributed by atoms with Crippen LogP contribution in [0.2, 0.25) is 0 Å². The second-order valence-electron chi connectivity index (χ2n) is 4.84. The molecule has 2 aromatic rings. The molecule has 0 bridgehead atoms. The smallest absolute Gasteiger partial charge is 0.385 e. The molecule has 1 heterocycles. The molecule has 1 atom stereocenters. The van der Waals surface area contributed by atoms with E-state index in [0.717, 1.165) is 24.3 Å². The van der Waals surface area contributed by atoms with Gasteiger partial charge < -0.3 is 15.0 Å². The van der Waals surface area contributed by atoms with E-state index in [4.69, 9.17) is 0 Å². The first-order valence-corrected chi connectivity index (χ1v) is 6.54. The van der Waals surface area contributed by atoms with Gasteiger partial charge in [0.1, 0.15) is 6.10 Å². The molecule has 4 nitrogen and oxygen atoms in total. The van der Waals surface area contributed by atoms with Crippen LogP contribution in [0.3, 0.4) is 0 Å². The standard InChI is InChI=1S/C15H15F3N2O2/c1-20-8-2-3-12(20)13(21)9-19-14(22)10-4-6-11(7-5-10)15(16,17)18/h2-8,13,21H,9H2,1H3,(H,19,22)/t13-/m1/s1. The third-order valence-electron chi connectivity index (χ3n) is 3.26. The van der Waals surface area contributed by atoms with Gasteiger partial charge in [0.2, 0.25) is 0 Å². The summed E-state index contributed by atoms with van der Waals surface area (Å²) in [6.07, 6.45) is -3.56. The number of rotatable bonds is 4. The summed E-state index contributed by atoms with van der Waals surface area (Å²) in [5, 5.41) is 12.4. The first-order chi connectivity index (χ1) is 10.3. The number of carbonyl (C=O) groups is 1. The van der Waals surface area contributed by atoms with Gasteiger partial charge >= 0.3 is 6.18 Å². The summed E-state index contributed by atoms with van der Waals surface area (Å²) >= 11 is 0. The zero-order chi connectivity index (χ0) is 16.3. The molecule has 0 spiro atoms. The predicted octanol–water partition coefficient (Wildman–Crippen LogP) is 2.51. The van der Waals surface area contributed by atoms with Crippen LogP contribution in [0.25, 0.3) is 0 Å². The molecule has 0 fully saturated rings. The van der Waals surface area contributed by atoms with Crippen molar-refractivity contribution in [2.24, 2.45) is 7.05 Å². The fraction of sp³-hybridized carbons (Fsp3) is 0.267. The number of nitrogens with one attached hydrogen (secondary N) is 1. The van der Waals surface area contributed by atoms with E-state index in [1.165, 1.54) is 0 Å². The van der Waals surface area contributed by atoms with E-state index < -0.39 is 23.8 Å². The van der Waals surface area contributed by atoms with E-state index in [2.05, 4.69) is 5.32 Å². The third-order valence-corrected chi connectivity index (χ3v) is 3.26. The molecule has 7 heteroatoms. The van der Waals surface area contributed by atoms with Crippen LogP contribution >= 0.6 is 0 Å². The minimum absolute atomic E-state index is 0.0301. The van der Waals surface area contributed by atoms with E-state index in [1.807, 2.05) is 0 Å². The van der Waals surface area contributed by atoms with E-state index in [9.17, 15) is 23.1 Å². The van der Waals surface area contributed by atoms with Crippen LogP contribution in [0.5, 0.6) is 0 Å². The Morgan fingerprint density at radius 3 is 2.41 bits per heavy atom. The van der Waals surface area contributed by atoms with Gasteiger partial charge in [-0.25, -0.2) is 0 Å². The van der Waals surface area contributed by atoms with Gasteiger partial charge in [-0.3, -0.25) is 4.79 Å². The Hall–Kier alpha value is -2.28. The molecule has 0 radical (unpaired) electrons. The number of aryl methyl sites for hydroxylation is 1. The Kier molecular flexibility index (Phi) is 4.56. The number of halogens is 3. The molecule has 0 saturated heterocycles. The van der Waals surface area contributed by atoms with Crippen molar-refractivity contribution in [3.05, 3.63) is 59.4 Å². The molecule has 0 aliphatic carbocycles. The van der Waals surface area contributed by atoms with Gasteiger partial charge in [0.05, 0.1) is 5.56 Å². The average molecular weight is 312 g/mol. The van der Waals surface area contributed by atoms with Crippen LogP contribution in [0.1, 0.15) is 27.7 Å². The lowest BCUT2D eigenvalue weighted by molar-refractivity contribution is -0.137. The van der Waals surface area contributed by atoms with Crippen LogP contribution in [-0.4, -0.2) is 22.1 Å².